The van der Waals surface area contributed by atoms with E-state index in [1.54, 1.807) is 18.2 Å². The average molecular weight is 351 g/mol. The quantitative estimate of drug-likeness (QED) is 0.864. The molecule has 5 heteroatoms. The fourth-order valence-electron chi connectivity index (χ4n) is 1.78. The molecule has 110 valence electrons. The standard InChI is InChI=1S/C16H16BrFN2O/c1-11-6-7-13(8-14(11)17)19-10-16(21)20-9-12-4-2-3-5-15(12)18/h2-8,19H,9-10H2,1H3,(H,20,21). The number of aryl methyl sites for hydroxylation is 1. The van der Waals surface area contributed by atoms with Crippen molar-refractivity contribution in [3.05, 3.63) is 63.9 Å². The van der Waals surface area contributed by atoms with Crippen molar-refractivity contribution in [2.24, 2.45) is 0 Å². The molecule has 0 fully saturated rings. The highest BCUT2D eigenvalue weighted by atomic mass is 79.9. The zero-order valence-electron chi connectivity index (χ0n) is 11.6. The van der Waals surface area contributed by atoms with Gasteiger partial charge in [0.1, 0.15) is 5.82 Å². The number of carbonyl (C=O) groups is 1. The molecule has 0 heterocycles. The molecule has 0 aliphatic rings. The molecule has 0 unspecified atom stereocenters. The second kappa shape index (κ2) is 7.22. The highest BCUT2D eigenvalue weighted by molar-refractivity contribution is 9.10. The van der Waals surface area contributed by atoms with Gasteiger partial charge in [0.15, 0.2) is 0 Å². The minimum Gasteiger partial charge on any atom is -0.376 e. The van der Waals surface area contributed by atoms with Crippen LogP contribution in [0, 0.1) is 12.7 Å². The molecule has 0 aliphatic heterocycles. The fraction of sp³-hybridized carbons (Fsp3) is 0.188. The van der Waals surface area contributed by atoms with E-state index >= 15 is 0 Å². The SMILES string of the molecule is Cc1ccc(NCC(=O)NCc2ccccc2F)cc1Br. The number of benzene rings is 2. The molecule has 2 N–H and O–H groups in total. The zero-order chi connectivity index (χ0) is 15.2. The molecule has 2 rings (SSSR count). The van der Waals surface area contributed by atoms with Gasteiger partial charge in [-0.25, -0.2) is 4.39 Å². The second-order valence-electron chi connectivity index (χ2n) is 4.69. The maximum atomic E-state index is 13.4. The van der Waals surface area contributed by atoms with Gasteiger partial charge in [-0.05, 0) is 30.7 Å². The Morgan fingerprint density at radius 1 is 1.24 bits per heavy atom. The van der Waals surface area contributed by atoms with E-state index in [0.717, 1.165) is 15.7 Å². The molecule has 0 saturated carbocycles. The molecule has 21 heavy (non-hydrogen) atoms. The third-order valence-electron chi connectivity index (χ3n) is 3.06. The van der Waals surface area contributed by atoms with E-state index in [2.05, 4.69) is 26.6 Å². The van der Waals surface area contributed by atoms with Gasteiger partial charge < -0.3 is 10.6 Å². The van der Waals surface area contributed by atoms with Crippen LogP contribution in [0.4, 0.5) is 10.1 Å². The highest BCUT2D eigenvalue weighted by Gasteiger charge is 2.05. The highest BCUT2D eigenvalue weighted by Crippen LogP contribution is 2.20. The molecular formula is C16H16BrFN2O. The predicted molar refractivity (Wildman–Crippen MR) is 85.6 cm³/mol. The Balaban J connectivity index is 1.82. The average Bonchev–Trinajstić information content (AvgIpc) is 2.47. The number of hydrogen-bond donors (Lipinski definition) is 2. The Hall–Kier alpha value is -1.88. The van der Waals surface area contributed by atoms with Crippen LogP contribution in [0.1, 0.15) is 11.1 Å². The van der Waals surface area contributed by atoms with Crippen LogP contribution >= 0.6 is 15.9 Å². The lowest BCUT2D eigenvalue weighted by molar-refractivity contribution is -0.119. The monoisotopic (exact) mass is 350 g/mol. The molecule has 1 amide bonds. The number of nitrogens with one attached hydrogen (secondary N) is 2. The summed E-state index contributed by atoms with van der Waals surface area (Å²) in [6.45, 7) is 2.32. The first kappa shape index (κ1) is 15.5. The van der Waals surface area contributed by atoms with E-state index in [4.69, 9.17) is 0 Å². The first-order chi connectivity index (χ1) is 10.1. The molecule has 2 aromatic carbocycles. The number of halogens is 2. The van der Waals surface area contributed by atoms with Crippen LogP contribution in [0.15, 0.2) is 46.9 Å². The van der Waals surface area contributed by atoms with Crippen molar-refractivity contribution in [2.75, 3.05) is 11.9 Å². The van der Waals surface area contributed by atoms with E-state index in [9.17, 15) is 9.18 Å². The maximum Gasteiger partial charge on any atom is 0.239 e. The van der Waals surface area contributed by atoms with E-state index < -0.39 is 0 Å². The lowest BCUT2D eigenvalue weighted by atomic mass is 10.2. The van der Waals surface area contributed by atoms with Gasteiger partial charge in [0.2, 0.25) is 5.91 Å². The molecule has 0 atom stereocenters. The van der Waals surface area contributed by atoms with Gasteiger partial charge in [0.25, 0.3) is 0 Å². The zero-order valence-corrected chi connectivity index (χ0v) is 13.2. The van der Waals surface area contributed by atoms with E-state index in [-0.39, 0.29) is 24.8 Å². The molecule has 3 nitrogen and oxygen atoms in total. The summed E-state index contributed by atoms with van der Waals surface area (Å²) in [7, 11) is 0. The summed E-state index contributed by atoms with van der Waals surface area (Å²) >= 11 is 3.44. The summed E-state index contributed by atoms with van der Waals surface area (Å²) in [5, 5.41) is 5.71. The van der Waals surface area contributed by atoms with Gasteiger partial charge in [0, 0.05) is 22.3 Å². The first-order valence-electron chi connectivity index (χ1n) is 6.56. The van der Waals surface area contributed by atoms with Crippen molar-refractivity contribution < 1.29 is 9.18 Å². The normalized spacial score (nSPS) is 10.2. The molecule has 0 spiro atoms. The van der Waals surface area contributed by atoms with Crippen LogP contribution in [0.25, 0.3) is 0 Å². The van der Waals surface area contributed by atoms with Gasteiger partial charge in [-0.2, -0.15) is 0 Å². The molecule has 0 saturated heterocycles. The fourth-order valence-corrected chi connectivity index (χ4v) is 2.16. The summed E-state index contributed by atoms with van der Waals surface area (Å²) in [5.74, 6) is -0.497. The molecule has 0 radical (unpaired) electrons. The van der Waals surface area contributed by atoms with Gasteiger partial charge in [-0.1, -0.05) is 40.2 Å². The van der Waals surface area contributed by atoms with E-state index in [1.165, 1.54) is 6.07 Å². The molecular weight excluding hydrogens is 335 g/mol. The van der Waals surface area contributed by atoms with Crippen LogP contribution in [0.3, 0.4) is 0 Å². The van der Waals surface area contributed by atoms with Crippen molar-refractivity contribution in [3.8, 4) is 0 Å². The largest absolute Gasteiger partial charge is 0.376 e. The smallest absolute Gasteiger partial charge is 0.239 e. The second-order valence-corrected chi connectivity index (χ2v) is 5.54. The lowest BCUT2D eigenvalue weighted by Crippen LogP contribution is -2.29. The van der Waals surface area contributed by atoms with Crippen molar-refractivity contribution in [2.45, 2.75) is 13.5 Å². The Labute approximate surface area is 131 Å². The van der Waals surface area contributed by atoms with Gasteiger partial charge >= 0.3 is 0 Å². The minimum atomic E-state index is -0.312. The van der Waals surface area contributed by atoms with E-state index in [0.29, 0.717) is 5.56 Å². The Kier molecular flexibility index (Phi) is 5.33. The molecule has 2 aromatic rings. The first-order valence-corrected chi connectivity index (χ1v) is 7.35. The van der Waals surface area contributed by atoms with Crippen LogP contribution in [0.5, 0.6) is 0 Å². The Morgan fingerprint density at radius 3 is 2.71 bits per heavy atom. The Bertz CT molecular complexity index is 646. The number of anilines is 1. The molecule has 0 aliphatic carbocycles. The van der Waals surface area contributed by atoms with Crippen LogP contribution in [-0.2, 0) is 11.3 Å². The third kappa shape index (κ3) is 4.56. The third-order valence-corrected chi connectivity index (χ3v) is 3.91. The van der Waals surface area contributed by atoms with Crippen LogP contribution in [-0.4, -0.2) is 12.5 Å². The number of rotatable bonds is 5. The van der Waals surface area contributed by atoms with Crippen molar-refractivity contribution in [1.29, 1.82) is 0 Å². The van der Waals surface area contributed by atoms with Crippen LogP contribution in [0.2, 0.25) is 0 Å². The van der Waals surface area contributed by atoms with Gasteiger partial charge in [-0.3, -0.25) is 4.79 Å². The summed E-state index contributed by atoms with van der Waals surface area (Å²) in [6, 6.07) is 12.2. The summed E-state index contributed by atoms with van der Waals surface area (Å²) in [6.07, 6.45) is 0. The maximum absolute atomic E-state index is 13.4. The van der Waals surface area contributed by atoms with Crippen LogP contribution < -0.4 is 10.6 Å². The minimum absolute atomic E-state index is 0.143. The summed E-state index contributed by atoms with van der Waals surface area (Å²) in [5.41, 5.74) is 2.46. The molecule has 0 aromatic heterocycles. The predicted octanol–water partition coefficient (Wildman–Crippen LogP) is 3.62. The lowest BCUT2D eigenvalue weighted by Gasteiger charge is -2.09. The van der Waals surface area contributed by atoms with Crippen molar-refractivity contribution in [1.82, 2.24) is 5.32 Å². The topological polar surface area (TPSA) is 41.1 Å². The van der Waals surface area contributed by atoms with Crippen molar-refractivity contribution in [3.63, 3.8) is 0 Å². The summed E-state index contributed by atoms with van der Waals surface area (Å²) in [4.78, 5) is 11.7. The number of carbonyl (C=O) groups excluding carboxylic acids is 1. The van der Waals surface area contributed by atoms with Crippen molar-refractivity contribution >= 4 is 27.5 Å². The van der Waals surface area contributed by atoms with Gasteiger partial charge in [-0.15, -0.1) is 0 Å². The number of amides is 1. The van der Waals surface area contributed by atoms with Gasteiger partial charge in [0.05, 0.1) is 6.54 Å². The Morgan fingerprint density at radius 2 is 2.00 bits per heavy atom. The summed E-state index contributed by atoms with van der Waals surface area (Å²) < 4.78 is 14.4. The number of hydrogen-bond acceptors (Lipinski definition) is 2. The molecule has 0 bridgehead atoms. The van der Waals surface area contributed by atoms with E-state index in [1.807, 2.05) is 25.1 Å².